The molecule has 4 aromatic carbocycles. The zero-order valence-electron chi connectivity index (χ0n) is 17.4. The third kappa shape index (κ3) is 3.98. The van der Waals surface area contributed by atoms with Crippen molar-refractivity contribution < 1.29 is 20.1 Å². The van der Waals surface area contributed by atoms with Crippen LogP contribution in [0.15, 0.2) is 97.1 Å². The predicted molar refractivity (Wildman–Crippen MR) is 138 cm³/mol. The molecule has 5 heteroatoms. The van der Waals surface area contributed by atoms with Gasteiger partial charge in [-0.15, -0.1) is 28.9 Å². The number of nitrogens with zero attached hydrogens (tertiary/aromatic N) is 4. The van der Waals surface area contributed by atoms with Crippen LogP contribution in [0.4, 0.5) is 0 Å². The summed E-state index contributed by atoms with van der Waals surface area (Å²) in [7, 11) is 0. The van der Waals surface area contributed by atoms with E-state index in [0.29, 0.717) is 0 Å². The third-order valence-electron chi connectivity index (χ3n) is 5.70. The van der Waals surface area contributed by atoms with Crippen LogP contribution in [0, 0.1) is 13.0 Å². The SMILES string of the molecule is C.C.Cc1nnc(-c2[c-]cc3c(c2)c2ccccc2n3-c2ccccc2)n1-c1ccccc1.[Ir]. The maximum absolute atomic E-state index is 4.49. The Morgan fingerprint density at radius 1 is 0.647 bits per heavy atom. The number of aryl methyl sites for hydroxylation is 1. The monoisotopic (exact) mass is 624 g/mol. The largest absolute Gasteiger partial charge is 0.351 e. The molecule has 0 saturated carbocycles. The average molecular weight is 624 g/mol. The molecule has 0 unspecified atom stereocenters. The molecule has 0 aliphatic rings. The first-order chi connectivity index (χ1) is 15.3. The van der Waals surface area contributed by atoms with E-state index in [-0.39, 0.29) is 35.0 Å². The number of para-hydroxylation sites is 3. The molecule has 1 radical (unpaired) electrons. The van der Waals surface area contributed by atoms with Gasteiger partial charge in [0.25, 0.3) is 0 Å². The van der Waals surface area contributed by atoms with Crippen LogP contribution in [-0.4, -0.2) is 19.3 Å². The Bertz CT molecular complexity index is 1530. The molecule has 0 spiro atoms. The molecule has 0 saturated heterocycles. The molecule has 6 aromatic rings. The second kappa shape index (κ2) is 10.2. The van der Waals surface area contributed by atoms with Gasteiger partial charge in [0.2, 0.25) is 0 Å². The first-order valence-corrected chi connectivity index (χ1v) is 10.3. The van der Waals surface area contributed by atoms with Crippen molar-refractivity contribution >= 4 is 21.8 Å². The molecule has 0 aliphatic heterocycles. The van der Waals surface area contributed by atoms with Crippen LogP contribution in [0.5, 0.6) is 0 Å². The fourth-order valence-corrected chi connectivity index (χ4v) is 4.32. The second-order valence-electron chi connectivity index (χ2n) is 7.58. The van der Waals surface area contributed by atoms with Crippen LogP contribution in [0.2, 0.25) is 0 Å². The van der Waals surface area contributed by atoms with Gasteiger partial charge in [-0.25, -0.2) is 0 Å². The molecular formula is C29H27IrN4-. The van der Waals surface area contributed by atoms with Crippen LogP contribution in [0.1, 0.15) is 20.7 Å². The normalized spacial score (nSPS) is 10.4. The van der Waals surface area contributed by atoms with Gasteiger partial charge in [-0.1, -0.05) is 74.8 Å². The smallest absolute Gasteiger partial charge is 0.125 e. The molecule has 0 aliphatic carbocycles. The van der Waals surface area contributed by atoms with Gasteiger partial charge in [0, 0.05) is 37.0 Å². The van der Waals surface area contributed by atoms with Gasteiger partial charge in [-0.2, -0.15) is 5.10 Å². The molecule has 4 nitrogen and oxygen atoms in total. The van der Waals surface area contributed by atoms with Crippen LogP contribution in [0.25, 0.3) is 44.6 Å². The van der Waals surface area contributed by atoms with Gasteiger partial charge < -0.3 is 9.13 Å². The molecule has 0 bridgehead atoms. The van der Waals surface area contributed by atoms with E-state index < -0.39 is 0 Å². The Balaban J connectivity index is 0.00000108. The molecule has 0 amide bonds. The van der Waals surface area contributed by atoms with Gasteiger partial charge >= 0.3 is 0 Å². The number of aromatic nitrogens is 4. The molecular weight excluding hydrogens is 597 g/mol. The summed E-state index contributed by atoms with van der Waals surface area (Å²) in [5, 5.41) is 11.2. The topological polar surface area (TPSA) is 35.6 Å². The van der Waals surface area contributed by atoms with Gasteiger partial charge in [0.15, 0.2) is 0 Å². The van der Waals surface area contributed by atoms with Gasteiger partial charge in [0.05, 0.1) is 5.82 Å². The Morgan fingerprint density at radius 3 is 1.91 bits per heavy atom. The van der Waals surface area contributed by atoms with E-state index in [2.05, 4.69) is 98.2 Å². The van der Waals surface area contributed by atoms with Crippen molar-refractivity contribution in [2.45, 2.75) is 21.8 Å². The zero-order valence-corrected chi connectivity index (χ0v) is 19.8. The van der Waals surface area contributed by atoms with E-state index in [1.165, 1.54) is 16.3 Å². The van der Waals surface area contributed by atoms with E-state index in [1.54, 1.807) is 0 Å². The van der Waals surface area contributed by atoms with E-state index in [0.717, 1.165) is 34.1 Å². The summed E-state index contributed by atoms with van der Waals surface area (Å²) >= 11 is 0. The Kier molecular flexibility index (Phi) is 7.51. The Labute approximate surface area is 214 Å². The minimum Gasteiger partial charge on any atom is -0.351 e. The fourth-order valence-electron chi connectivity index (χ4n) is 4.32. The van der Waals surface area contributed by atoms with Gasteiger partial charge in [0.1, 0.15) is 5.82 Å². The molecule has 0 N–H and O–H groups in total. The van der Waals surface area contributed by atoms with Crippen molar-refractivity contribution in [2.75, 3.05) is 0 Å². The Morgan fingerprint density at radius 2 is 1.24 bits per heavy atom. The molecule has 2 aromatic heterocycles. The summed E-state index contributed by atoms with van der Waals surface area (Å²) in [5.74, 6) is 1.64. The summed E-state index contributed by atoms with van der Waals surface area (Å²) in [4.78, 5) is 0. The van der Waals surface area contributed by atoms with E-state index in [1.807, 2.05) is 31.2 Å². The first-order valence-electron chi connectivity index (χ1n) is 10.3. The maximum atomic E-state index is 4.49. The third-order valence-corrected chi connectivity index (χ3v) is 5.70. The van der Waals surface area contributed by atoms with Crippen LogP contribution in [-0.2, 0) is 20.1 Å². The number of hydrogen-bond donors (Lipinski definition) is 0. The summed E-state index contributed by atoms with van der Waals surface area (Å²) in [6, 6.07) is 36.9. The quantitative estimate of drug-likeness (QED) is 0.193. The molecule has 6 rings (SSSR count). The predicted octanol–water partition coefficient (Wildman–Crippen LogP) is 7.41. The maximum Gasteiger partial charge on any atom is 0.125 e. The molecule has 2 heterocycles. The van der Waals surface area contributed by atoms with E-state index in [9.17, 15) is 0 Å². The zero-order chi connectivity index (χ0) is 20.8. The molecule has 34 heavy (non-hydrogen) atoms. The van der Waals surface area contributed by atoms with Crippen molar-refractivity contribution in [3.63, 3.8) is 0 Å². The van der Waals surface area contributed by atoms with Gasteiger partial charge in [-0.05, 0) is 48.2 Å². The van der Waals surface area contributed by atoms with Crippen LogP contribution < -0.4 is 0 Å². The summed E-state index contributed by atoms with van der Waals surface area (Å²) in [6.07, 6.45) is 0. The number of benzene rings is 4. The van der Waals surface area contributed by atoms with Gasteiger partial charge in [-0.3, -0.25) is 0 Å². The van der Waals surface area contributed by atoms with Crippen molar-refractivity contribution in [3.8, 4) is 22.8 Å². The summed E-state index contributed by atoms with van der Waals surface area (Å²) in [6.45, 7) is 1.98. The number of fused-ring (bicyclic) bond motifs is 3. The van der Waals surface area contributed by atoms with Crippen LogP contribution in [0.3, 0.4) is 0 Å². The number of rotatable bonds is 3. The minimum atomic E-state index is 0. The second-order valence-corrected chi connectivity index (χ2v) is 7.58. The van der Waals surface area contributed by atoms with Crippen molar-refractivity contribution in [1.29, 1.82) is 0 Å². The van der Waals surface area contributed by atoms with E-state index in [4.69, 9.17) is 0 Å². The molecule has 0 atom stereocenters. The first kappa shape index (κ1) is 25.1. The summed E-state index contributed by atoms with van der Waals surface area (Å²) in [5.41, 5.74) is 5.40. The molecule has 0 fully saturated rings. The van der Waals surface area contributed by atoms with Crippen molar-refractivity contribution in [1.82, 2.24) is 19.3 Å². The van der Waals surface area contributed by atoms with Crippen molar-refractivity contribution in [3.05, 3.63) is 109 Å². The van der Waals surface area contributed by atoms with Crippen molar-refractivity contribution in [2.24, 2.45) is 0 Å². The fraction of sp³-hybridized carbons (Fsp3) is 0.103. The Hall–Kier alpha value is -3.53. The van der Waals surface area contributed by atoms with E-state index >= 15 is 0 Å². The standard InChI is InChI=1S/C27H19N4.2CH4.Ir/c1-19-28-29-27(30(19)21-10-4-2-5-11-21)20-16-17-26-24(18-20)23-14-8-9-15-25(23)31(26)22-12-6-3-7-13-22;;;/h2-15,17-18H,1H3;2*1H4;/q-1;;;. The van der Waals surface area contributed by atoms with Crippen LogP contribution >= 0.6 is 0 Å². The molecule has 173 valence electrons. The average Bonchev–Trinajstić information content (AvgIpc) is 3.38. The number of hydrogen-bond acceptors (Lipinski definition) is 2. The minimum absolute atomic E-state index is 0. The summed E-state index contributed by atoms with van der Waals surface area (Å²) < 4.78 is 4.37.